The van der Waals surface area contributed by atoms with Crippen LogP contribution in [0.1, 0.15) is 30.9 Å². The number of nitrogens with one attached hydrogen (secondary N) is 1. The third-order valence-corrected chi connectivity index (χ3v) is 6.10. The Bertz CT molecular complexity index is 879. The van der Waals surface area contributed by atoms with E-state index in [0.717, 1.165) is 24.1 Å². The summed E-state index contributed by atoms with van der Waals surface area (Å²) in [6, 6.07) is 15.0. The van der Waals surface area contributed by atoms with Gasteiger partial charge in [-0.05, 0) is 48.6 Å². The highest BCUT2D eigenvalue weighted by molar-refractivity contribution is 7.89. The summed E-state index contributed by atoms with van der Waals surface area (Å²) in [6.45, 7) is 2.85. The fraction of sp³-hybridized carbons (Fsp3) is 0.350. The lowest BCUT2D eigenvalue weighted by Gasteiger charge is -2.16. The maximum absolute atomic E-state index is 12.5. The Labute approximate surface area is 155 Å². The maximum Gasteiger partial charge on any atom is 0.240 e. The molecule has 2 aromatic carbocycles. The molecule has 3 rings (SSSR count). The summed E-state index contributed by atoms with van der Waals surface area (Å²) < 4.78 is 27.7. The molecule has 0 radical (unpaired) electrons. The van der Waals surface area contributed by atoms with Crippen LogP contribution in [0.4, 0.5) is 5.69 Å². The topological polar surface area (TPSA) is 66.5 Å². The Morgan fingerprint density at radius 1 is 1.15 bits per heavy atom. The molecule has 0 unspecified atom stereocenters. The van der Waals surface area contributed by atoms with E-state index in [0.29, 0.717) is 25.9 Å². The second-order valence-electron chi connectivity index (χ2n) is 6.43. The van der Waals surface area contributed by atoms with Crippen molar-refractivity contribution < 1.29 is 13.2 Å². The Morgan fingerprint density at radius 2 is 1.92 bits per heavy atom. The molecule has 0 saturated carbocycles. The number of nitrogens with zero attached hydrogens (tertiary/aromatic N) is 1. The number of hydrogen-bond acceptors (Lipinski definition) is 3. The van der Waals surface area contributed by atoms with Gasteiger partial charge in [-0.3, -0.25) is 4.79 Å². The van der Waals surface area contributed by atoms with E-state index in [1.165, 1.54) is 5.56 Å². The summed E-state index contributed by atoms with van der Waals surface area (Å²) in [6.07, 6.45) is 2.72. The minimum Gasteiger partial charge on any atom is -0.312 e. The molecular formula is C20H24N2O3S. The van der Waals surface area contributed by atoms with Gasteiger partial charge < -0.3 is 4.90 Å². The lowest BCUT2D eigenvalue weighted by Crippen LogP contribution is -2.28. The van der Waals surface area contributed by atoms with E-state index < -0.39 is 10.0 Å². The number of benzene rings is 2. The standard InChI is InChI=1S/C20H24N2O3S/c1-2-20(23)22-14-12-17-15-18(10-11-19(17)22)26(24,25)21-13-6-9-16-7-4-3-5-8-16/h3-5,7-8,10-11,15,21H,2,6,9,12-14H2,1H3. The molecule has 2 aromatic rings. The predicted octanol–water partition coefficient (Wildman–Crippen LogP) is 2.90. The molecule has 0 bridgehead atoms. The number of amides is 1. The molecule has 1 aliphatic rings. The van der Waals surface area contributed by atoms with Crippen molar-refractivity contribution in [2.24, 2.45) is 0 Å². The maximum atomic E-state index is 12.5. The summed E-state index contributed by atoms with van der Waals surface area (Å²) in [5.41, 5.74) is 2.95. The van der Waals surface area contributed by atoms with Crippen LogP contribution in [0.5, 0.6) is 0 Å². The minimum atomic E-state index is -3.53. The van der Waals surface area contributed by atoms with Gasteiger partial charge in [0.1, 0.15) is 0 Å². The van der Waals surface area contributed by atoms with Crippen molar-refractivity contribution in [1.82, 2.24) is 4.72 Å². The largest absolute Gasteiger partial charge is 0.312 e. The fourth-order valence-electron chi connectivity index (χ4n) is 3.22. The van der Waals surface area contributed by atoms with E-state index in [9.17, 15) is 13.2 Å². The van der Waals surface area contributed by atoms with Crippen LogP contribution in [0, 0.1) is 0 Å². The van der Waals surface area contributed by atoms with E-state index in [-0.39, 0.29) is 10.8 Å². The Balaban J connectivity index is 1.62. The van der Waals surface area contributed by atoms with Crippen LogP contribution in [0.2, 0.25) is 0 Å². The van der Waals surface area contributed by atoms with E-state index in [2.05, 4.69) is 4.72 Å². The molecule has 5 nitrogen and oxygen atoms in total. The fourth-order valence-corrected chi connectivity index (χ4v) is 4.35. The van der Waals surface area contributed by atoms with Gasteiger partial charge in [0.15, 0.2) is 0 Å². The smallest absolute Gasteiger partial charge is 0.240 e. The second kappa shape index (κ2) is 8.01. The molecule has 0 aliphatic carbocycles. The summed E-state index contributed by atoms with van der Waals surface area (Å²) >= 11 is 0. The monoisotopic (exact) mass is 372 g/mol. The number of fused-ring (bicyclic) bond motifs is 1. The third-order valence-electron chi connectivity index (χ3n) is 4.64. The summed E-state index contributed by atoms with van der Waals surface area (Å²) in [7, 11) is -3.53. The third kappa shape index (κ3) is 4.14. The van der Waals surface area contributed by atoms with Gasteiger partial charge in [0.25, 0.3) is 0 Å². The van der Waals surface area contributed by atoms with Crippen LogP contribution in [0.25, 0.3) is 0 Å². The normalized spacial score (nSPS) is 13.7. The average Bonchev–Trinajstić information content (AvgIpc) is 3.09. The van der Waals surface area contributed by atoms with Crippen molar-refractivity contribution in [3.8, 4) is 0 Å². The number of rotatable bonds is 7. The van der Waals surface area contributed by atoms with Crippen LogP contribution < -0.4 is 9.62 Å². The first-order valence-electron chi connectivity index (χ1n) is 8.98. The van der Waals surface area contributed by atoms with Crippen LogP contribution in [0.15, 0.2) is 53.4 Å². The van der Waals surface area contributed by atoms with Gasteiger partial charge in [0, 0.05) is 25.2 Å². The highest BCUT2D eigenvalue weighted by atomic mass is 32.2. The van der Waals surface area contributed by atoms with Gasteiger partial charge in [0.05, 0.1) is 4.90 Å². The van der Waals surface area contributed by atoms with Crippen LogP contribution >= 0.6 is 0 Å². The van der Waals surface area contributed by atoms with Crippen LogP contribution in [0.3, 0.4) is 0 Å². The zero-order chi connectivity index (χ0) is 18.6. The first-order chi connectivity index (χ1) is 12.5. The van der Waals surface area contributed by atoms with Crippen molar-refractivity contribution in [2.75, 3.05) is 18.0 Å². The van der Waals surface area contributed by atoms with Crippen molar-refractivity contribution in [1.29, 1.82) is 0 Å². The summed E-state index contributed by atoms with van der Waals surface area (Å²) in [5.74, 6) is 0.0680. The van der Waals surface area contributed by atoms with Gasteiger partial charge in [-0.1, -0.05) is 37.3 Å². The van der Waals surface area contributed by atoms with Crippen molar-refractivity contribution in [3.63, 3.8) is 0 Å². The second-order valence-corrected chi connectivity index (χ2v) is 8.19. The lowest BCUT2D eigenvalue weighted by atomic mass is 10.1. The zero-order valence-electron chi connectivity index (χ0n) is 14.9. The number of anilines is 1. The van der Waals surface area contributed by atoms with E-state index >= 15 is 0 Å². The van der Waals surface area contributed by atoms with Gasteiger partial charge in [-0.25, -0.2) is 13.1 Å². The molecular weight excluding hydrogens is 348 g/mol. The average molecular weight is 372 g/mol. The first kappa shape index (κ1) is 18.6. The van der Waals surface area contributed by atoms with E-state index in [1.807, 2.05) is 37.3 Å². The molecule has 0 saturated heterocycles. The Hall–Kier alpha value is -2.18. The number of sulfonamides is 1. The van der Waals surface area contributed by atoms with E-state index in [1.54, 1.807) is 23.1 Å². The minimum absolute atomic E-state index is 0.0680. The van der Waals surface area contributed by atoms with Gasteiger partial charge >= 0.3 is 0 Å². The highest BCUT2D eigenvalue weighted by Gasteiger charge is 2.25. The molecule has 138 valence electrons. The van der Waals surface area contributed by atoms with E-state index in [4.69, 9.17) is 0 Å². The summed E-state index contributed by atoms with van der Waals surface area (Å²) in [5, 5.41) is 0. The SMILES string of the molecule is CCC(=O)N1CCc2cc(S(=O)(=O)NCCCc3ccccc3)ccc21. The molecule has 1 amide bonds. The molecule has 0 fully saturated rings. The van der Waals surface area contributed by atoms with Gasteiger partial charge in [0.2, 0.25) is 15.9 Å². The van der Waals surface area contributed by atoms with Gasteiger partial charge in [-0.2, -0.15) is 0 Å². The predicted molar refractivity (Wildman–Crippen MR) is 103 cm³/mol. The highest BCUT2D eigenvalue weighted by Crippen LogP contribution is 2.30. The number of carbonyl (C=O) groups is 1. The number of carbonyl (C=O) groups excluding carboxylic acids is 1. The van der Waals surface area contributed by atoms with Crippen LogP contribution in [-0.2, 0) is 27.7 Å². The molecule has 0 atom stereocenters. The Kier molecular flexibility index (Phi) is 5.74. The van der Waals surface area contributed by atoms with Crippen LogP contribution in [-0.4, -0.2) is 27.4 Å². The molecule has 6 heteroatoms. The molecule has 0 spiro atoms. The Morgan fingerprint density at radius 3 is 2.65 bits per heavy atom. The molecule has 0 aromatic heterocycles. The lowest BCUT2D eigenvalue weighted by molar-refractivity contribution is -0.118. The quantitative estimate of drug-likeness (QED) is 0.760. The van der Waals surface area contributed by atoms with Crippen molar-refractivity contribution in [3.05, 3.63) is 59.7 Å². The van der Waals surface area contributed by atoms with Crippen molar-refractivity contribution >= 4 is 21.6 Å². The molecule has 1 N–H and O–H groups in total. The molecule has 1 heterocycles. The van der Waals surface area contributed by atoms with Crippen molar-refractivity contribution in [2.45, 2.75) is 37.5 Å². The molecule has 1 aliphatic heterocycles. The zero-order valence-corrected chi connectivity index (χ0v) is 15.8. The first-order valence-corrected chi connectivity index (χ1v) is 10.5. The number of hydrogen-bond donors (Lipinski definition) is 1. The number of aryl methyl sites for hydroxylation is 1. The van der Waals surface area contributed by atoms with Gasteiger partial charge in [-0.15, -0.1) is 0 Å². The molecule has 26 heavy (non-hydrogen) atoms. The summed E-state index contributed by atoms with van der Waals surface area (Å²) in [4.78, 5) is 13.9.